The number of aromatic nitrogens is 6. The highest BCUT2D eigenvalue weighted by molar-refractivity contribution is 6.35. The number of fused-ring (bicyclic) bond motifs is 2. The summed E-state index contributed by atoms with van der Waals surface area (Å²) in [6, 6.07) is 15.6. The number of hydrogen-bond donors (Lipinski definition) is 2. The number of nitrogens with zero attached hydrogens (tertiary/aromatic N) is 10. The molecule has 4 aromatic heterocycles. The van der Waals surface area contributed by atoms with Crippen molar-refractivity contribution >= 4 is 86.1 Å². The number of aromatic amines is 1. The predicted octanol–water partition coefficient (Wildman–Crippen LogP) is 6.99. The van der Waals surface area contributed by atoms with Crippen LogP contribution in [0.3, 0.4) is 0 Å². The number of anilines is 3. The molecule has 5 fully saturated rings. The number of pyridine rings is 2. The van der Waals surface area contributed by atoms with Gasteiger partial charge in [-0.25, -0.2) is 9.78 Å². The van der Waals surface area contributed by atoms with Gasteiger partial charge in [0.15, 0.2) is 5.82 Å². The Kier molecular flexibility index (Phi) is 11.4. The highest BCUT2D eigenvalue weighted by Crippen LogP contribution is 2.43. The molecule has 5 aliphatic rings. The van der Waals surface area contributed by atoms with Crippen molar-refractivity contribution in [2.24, 2.45) is 24.3 Å². The molecule has 0 saturated carbocycles. The lowest BCUT2D eigenvalue weighted by molar-refractivity contribution is -0.152. The van der Waals surface area contributed by atoms with E-state index < -0.39 is 12.1 Å². The van der Waals surface area contributed by atoms with Crippen LogP contribution in [0.25, 0.3) is 33.1 Å². The number of imide groups is 1. The summed E-state index contributed by atoms with van der Waals surface area (Å²) in [5, 5.41) is 17.4. The van der Waals surface area contributed by atoms with E-state index in [2.05, 4.69) is 47.5 Å². The molecule has 2 N–H and O–H groups in total. The lowest BCUT2D eigenvalue weighted by Gasteiger charge is -2.61. The first kappa shape index (κ1) is 44.1. The third kappa shape index (κ3) is 8.22. The van der Waals surface area contributed by atoms with Crippen molar-refractivity contribution in [3.8, 4) is 17.0 Å². The minimum absolute atomic E-state index is 0.0401. The van der Waals surface area contributed by atoms with E-state index in [1.807, 2.05) is 66.4 Å². The minimum atomic E-state index is -0.447. The molecular formula is C49H52Cl2N12O5. The number of carbonyl (C=O) groups excluding carboxylic acids is 4. The first-order chi connectivity index (χ1) is 32.9. The number of ether oxygens (including phenoxy) is 1. The number of rotatable bonds is 10. The monoisotopic (exact) mass is 958 g/mol. The molecule has 352 valence electrons. The Bertz CT molecular complexity index is 2930. The van der Waals surface area contributed by atoms with Crippen molar-refractivity contribution in [1.82, 2.24) is 45.1 Å². The smallest absolute Gasteiger partial charge is 0.329 e. The molecule has 5 saturated heterocycles. The molecule has 0 unspecified atom stereocenters. The van der Waals surface area contributed by atoms with Gasteiger partial charge < -0.3 is 24.3 Å². The number of halogens is 2. The Morgan fingerprint density at radius 1 is 0.853 bits per heavy atom. The lowest BCUT2D eigenvalue weighted by Crippen LogP contribution is -2.73. The number of aryl methyl sites for hydroxylation is 1. The molecule has 0 radical (unpaired) electrons. The molecule has 1 spiro atoms. The summed E-state index contributed by atoms with van der Waals surface area (Å²) in [6.45, 7) is 8.39. The number of likely N-dealkylation sites (tertiary alicyclic amines) is 2. The van der Waals surface area contributed by atoms with Gasteiger partial charge in [-0.1, -0.05) is 23.2 Å². The zero-order valence-electron chi connectivity index (χ0n) is 38.0. The molecule has 19 heteroatoms. The zero-order chi connectivity index (χ0) is 46.8. The molecule has 5 amide bonds. The van der Waals surface area contributed by atoms with Gasteiger partial charge in [0.05, 0.1) is 21.1 Å². The van der Waals surface area contributed by atoms with Crippen LogP contribution in [0, 0.1) is 17.3 Å². The van der Waals surface area contributed by atoms with Crippen LogP contribution in [-0.2, 0) is 21.4 Å². The Morgan fingerprint density at radius 2 is 1.62 bits per heavy atom. The highest BCUT2D eigenvalue weighted by atomic mass is 35.5. The van der Waals surface area contributed by atoms with Crippen LogP contribution in [0.4, 0.5) is 22.1 Å². The molecule has 2 aromatic carbocycles. The summed E-state index contributed by atoms with van der Waals surface area (Å²) in [7, 11) is 1.86. The quantitative estimate of drug-likeness (QED) is 0.145. The summed E-state index contributed by atoms with van der Waals surface area (Å²) in [6.07, 6.45) is 8.62. The average molecular weight is 960 g/mol. The summed E-state index contributed by atoms with van der Waals surface area (Å²) in [5.74, 6) is 2.54. The van der Waals surface area contributed by atoms with Gasteiger partial charge in [0.1, 0.15) is 23.4 Å². The molecule has 5 aliphatic heterocycles. The molecule has 9 heterocycles. The van der Waals surface area contributed by atoms with Crippen LogP contribution in [0.15, 0.2) is 67.1 Å². The standard InChI is InChI=1S/C49H52Cl2N12O5/c1-29(44-37(50)23-52-24-38(44)51)68-34-5-7-39-36(21-34)45(56-55-39)32-3-8-41(53-22-32)61-25-49(26-61)27-62(28-49)47(66)31-11-16-60(17-12-31)43(65)19-30-9-14-59(15-10-30)33-4-6-35-40(20-33)58(2)57-46(35)63-18-13-42(64)54-48(63)67/h3-8,20-24,29-31H,9-19,25-28H2,1-2H3,(H,55,56)(H,54,64,67)/t29-/m1/s1. The van der Waals surface area contributed by atoms with Gasteiger partial charge in [0.25, 0.3) is 0 Å². The normalized spacial score (nSPS) is 19.4. The summed E-state index contributed by atoms with van der Waals surface area (Å²) >= 11 is 12.8. The minimum Gasteiger partial charge on any atom is -0.486 e. The third-order valence-electron chi connectivity index (χ3n) is 14.7. The first-order valence-electron chi connectivity index (χ1n) is 23.4. The van der Waals surface area contributed by atoms with Gasteiger partial charge in [0.2, 0.25) is 17.7 Å². The third-order valence-corrected chi connectivity index (χ3v) is 15.3. The SMILES string of the molecule is C[C@@H](Oc1ccc2[nH]nc(-c3ccc(N4CC5(CN(C(=O)C6CCN(C(=O)CC7CCN(c8ccc9c(N%10CCC(=O)NC%10=O)nn(C)c9c8)CC7)CC6)C5)C4)nc3)c2c1)c1c(Cl)cncc1Cl. The van der Waals surface area contributed by atoms with Gasteiger partial charge in [-0.15, -0.1) is 0 Å². The number of nitrogens with one attached hydrogen (secondary N) is 2. The van der Waals surface area contributed by atoms with E-state index in [-0.39, 0.29) is 35.5 Å². The van der Waals surface area contributed by atoms with E-state index in [4.69, 9.17) is 32.9 Å². The van der Waals surface area contributed by atoms with Gasteiger partial charge in [-0.2, -0.15) is 10.2 Å². The maximum absolute atomic E-state index is 13.6. The van der Waals surface area contributed by atoms with E-state index in [1.165, 1.54) is 4.90 Å². The number of amides is 5. The molecule has 0 bridgehead atoms. The van der Waals surface area contributed by atoms with E-state index in [0.29, 0.717) is 72.0 Å². The molecule has 6 aromatic rings. The van der Waals surface area contributed by atoms with Crippen molar-refractivity contribution in [3.05, 3.63) is 82.7 Å². The number of benzene rings is 2. The van der Waals surface area contributed by atoms with Gasteiger partial charge in [-0.3, -0.25) is 39.4 Å². The number of H-pyrrole nitrogens is 1. The van der Waals surface area contributed by atoms with Crippen LogP contribution in [0.1, 0.15) is 57.1 Å². The molecule has 0 aliphatic carbocycles. The van der Waals surface area contributed by atoms with Crippen LogP contribution in [-0.4, -0.2) is 122 Å². The number of hydrogen-bond acceptors (Lipinski definition) is 11. The molecule has 68 heavy (non-hydrogen) atoms. The highest BCUT2D eigenvalue weighted by Gasteiger charge is 2.54. The summed E-state index contributed by atoms with van der Waals surface area (Å²) < 4.78 is 8.03. The Labute approximate surface area is 402 Å². The van der Waals surface area contributed by atoms with Crippen molar-refractivity contribution in [2.45, 2.75) is 51.6 Å². The van der Waals surface area contributed by atoms with E-state index in [0.717, 1.165) is 96.7 Å². The number of urea groups is 1. The Balaban J connectivity index is 0.617. The second kappa shape index (κ2) is 17.6. The van der Waals surface area contributed by atoms with Gasteiger partial charge in [0, 0.05) is 136 Å². The largest absolute Gasteiger partial charge is 0.486 e. The average Bonchev–Trinajstić information content (AvgIpc) is 3.88. The first-order valence-corrected chi connectivity index (χ1v) is 24.2. The second-order valence-electron chi connectivity index (χ2n) is 19.2. The summed E-state index contributed by atoms with van der Waals surface area (Å²) in [5.41, 5.74) is 5.32. The maximum atomic E-state index is 13.6. The fourth-order valence-corrected chi connectivity index (χ4v) is 11.6. The van der Waals surface area contributed by atoms with Crippen molar-refractivity contribution in [2.75, 3.05) is 73.6 Å². The molecule has 1 atom stereocenters. The van der Waals surface area contributed by atoms with Gasteiger partial charge >= 0.3 is 6.03 Å². The van der Waals surface area contributed by atoms with Crippen LogP contribution >= 0.6 is 23.2 Å². The van der Waals surface area contributed by atoms with E-state index in [1.54, 1.807) is 17.1 Å². The van der Waals surface area contributed by atoms with Crippen molar-refractivity contribution in [3.63, 3.8) is 0 Å². The lowest BCUT2D eigenvalue weighted by atomic mass is 9.72. The zero-order valence-corrected chi connectivity index (χ0v) is 39.5. The summed E-state index contributed by atoms with van der Waals surface area (Å²) in [4.78, 5) is 70.3. The van der Waals surface area contributed by atoms with Crippen molar-refractivity contribution < 1.29 is 23.9 Å². The second-order valence-corrected chi connectivity index (χ2v) is 20.0. The Morgan fingerprint density at radius 3 is 2.34 bits per heavy atom. The number of piperidine rings is 2. The fourth-order valence-electron chi connectivity index (χ4n) is 10.9. The molecule has 17 nitrogen and oxygen atoms in total. The predicted molar refractivity (Wildman–Crippen MR) is 259 cm³/mol. The Hall–Kier alpha value is -6.46. The van der Waals surface area contributed by atoms with Crippen LogP contribution in [0.5, 0.6) is 5.75 Å². The van der Waals surface area contributed by atoms with E-state index in [9.17, 15) is 19.2 Å². The van der Waals surface area contributed by atoms with Gasteiger partial charge in [-0.05, 0) is 87.1 Å². The fraction of sp³-hybridized carbons (Fsp3) is 0.429. The van der Waals surface area contributed by atoms with E-state index >= 15 is 0 Å². The van der Waals surface area contributed by atoms with Crippen LogP contribution in [0.2, 0.25) is 10.0 Å². The molecule has 11 rings (SSSR count). The molecular weight excluding hydrogens is 908 g/mol. The van der Waals surface area contributed by atoms with Crippen molar-refractivity contribution in [1.29, 1.82) is 0 Å². The van der Waals surface area contributed by atoms with Crippen LogP contribution < -0.4 is 24.8 Å². The topological polar surface area (TPSA) is 178 Å². The maximum Gasteiger partial charge on any atom is 0.329 e. The number of carbonyl (C=O) groups is 4.